The van der Waals surface area contributed by atoms with Gasteiger partial charge in [-0.2, -0.15) is 5.10 Å². The summed E-state index contributed by atoms with van der Waals surface area (Å²) in [6, 6.07) is 3.45. The minimum atomic E-state index is -0.623. The molecule has 1 aromatic carbocycles. The van der Waals surface area contributed by atoms with Crippen LogP contribution in [0, 0.1) is 11.6 Å². The Morgan fingerprint density at radius 1 is 1.39 bits per heavy atom. The van der Waals surface area contributed by atoms with Crippen LogP contribution < -0.4 is 5.32 Å². The fourth-order valence-corrected chi connectivity index (χ4v) is 2.23. The molecule has 0 aliphatic heterocycles. The Bertz CT molecular complexity index is 554. The predicted molar refractivity (Wildman–Crippen MR) is 69.3 cm³/mol. The fraction of sp³-hybridized carbons (Fsp3) is 0.250. The third kappa shape index (κ3) is 2.59. The molecule has 2 N–H and O–H groups in total. The van der Waals surface area contributed by atoms with Crippen LogP contribution in [0.25, 0.3) is 11.3 Å². The summed E-state index contributed by atoms with van der Waals surface area (Å²) in [5.74, 6) is -1.22. The molecule has 0 radical (unpaired) electrons. The maximum atomic E-state index is 13.7. The first-order chi connectivity index (χ1) is 8.63. The quantitative estimate of drug-likeness (QED) is 0.911. The summed E-state index contributed by atoms with van der Waals surface area (Å²) in [5, 5.41) is 9.94. The monoisotopic (exact) mass is 315 g/mol. The molecule has 3 nitrogen and oxygen atoms in total. The number of nitrogens with zero attached hydrogens (tertiary/aromatic N) is 1. The lowest BCUT2D eigenvalue weighted by Crippen LogP contribution is -2.10. The van der Waals surface area contributed by atoms with Crippen LogP contribution >= 0.6 is 15.9 Å². The third-order valence-corrected chi connectivity index (χ3v) is 3.44. The molecule has 0 saturated carbocycles. The Hall–Kier alpha value is -1.27. The molecule has 0 atom stereocenters. The van der Waals surface area contributed by atoms with E-state index in [1.54, 1.807) is 0 Å². The number of rotatable bonds is 4. The van der Waals surface area contributed by atoms with Gasteiger partial charge < -0.3 is 5.32 Å². The van der Waals surface area contributed by atoms with E-state index in [9.17, 15) is 8.78 Å². The van der Waals surface area contributed by atoms with Crippen molar-refractivity contribution in [3.63, 3.8) is 0 Å². The fourth-order valence-electron chi connectivity index (χ4n) is 1.64. The number of hydrogen-bond acceptors (Lipinski definition) is 2. The lowest BCUT2D eigenvalue weighted by molar-refractivity contribution is 0.585. The molecule has 0 spiro atoms. The number of benzene rings is 1. The molecule has 2 rings (SSSR count). The molecule has 0 saturated heterocycles. The zero-order chi connectivity index (χ0) is 13.1. The van der Waals surface area contributed by atoms with Crippen molar-refractivity contribution in [3.8, 4) is 11.3 Å². The van der Waals surface area contributed by atoms with Crippen molar-refractivity contribution in [3.05, 3.63) is 40.0 Å². The molecule has 0 unspecified atom stereocenters. The van der Waals surface area contributed by atoms with Crippen LogP contribution in [-0.2, 0) is 6.42 Å². The molecular weight excluding hydrogens is 304 g/mol. The van der Waals surface area contributed by atoms with Crippen LogP contribution in [-0.4, -0.2) is 23.8 Å². The van der Waals surface area contributed by atoms with Gasteiger partial charge in [0, 0.05) is 24.6 Å². The van der Waals surface area contributed by atoms with Gasteiger partial charge in [0.1, 0.15) is 17.3 Å². The summed E-state index contributed by atoms with van der Waals surface area (Å²) >= 11 is 3.39. The predicted octanol–water partition coefficient (Wildman–Crippen LogP) is 2.88. The second-order valence-electron chi connectivity index (χ2n) is 3.84. The number of aromatic amines is 1. The molecule has 0 aliphatic carbocycles. The van der Waals surface area contributed by atoms with E-state index in [-0.39, 0.29) is 5.56 Å². The van der Waals surface area contributed by atoms with Crippen LogP contribution in [0.15, 0.2) is 22.7 Å². The van der Waals surface area contributed by atoms with E-state index in [4.69, 9.17) is 0 Å². The van der Waals surface area contributed by atoms with Crippen LogP contribution in [0.2, 0.25) is 0 Å². The smallest absolute Gasteiger partial charge is 0.135 e. The molecule has 1 heterocycles. The Balaban J connectivity index is 2.36. The molecule has 0 aliphatic rings. The minimum absolute atomic E-state index is 0.273. The summed E-state index contributed by atoms with van der Waals surface area (Å²) in [6.45, 7) is 0.784. The lowest BCUT2D eigenvalue weighted by Gasteiger charge is -2.01. The second kappa shape index (κ2) is 5.58. The van der Waals surface area contributed by atoms with Crippen LogP contribution in [0.3, 0.4) is 0 Å². The van der Waals surface area contributed by atoms with E-state index >= 15 is 0 Å². The van der Waals surface area contributed by atoms with Gasteiger partial charge in [0.25, 0.3) is 0 Å². The van der Waals surface area contributed by atoms with Crippen molar-refractivity contribution in [2.45, 2.75) is 6.42 Å². The Labute approximate surface area is 112 Å². The van der Waals surface area contributed by atoms with Gasteiger partial charge in [0.2, 0.25) is 0 Å². The highest BCUT2D eigenvalue weighted by Crippen LogP contribution is 2.30. The van der Waals surface area contributed by atoms with Crippen molar-refractivity contribution < 1.29 is 8.78 Å². The molecule has 0 bridgehead atoms. The van der Waals surface area contributed by atoms with Gasteiger partial charge in [0.15, 0.2) is 0 Å². The number of hydrogen-bond donors (Lipinski definition) is 2. The highest BCUT2D eigenvalue weighted by atomic mass is 79.9. The number of halogens is 3. The van der Waals surface area contributed by atoms with E-state index in [1.165, 1.54) is 12.1 Å². The highest BCUT2D eigenvalue weighted by molar-refractivity contribution is 9.10. The third-order valence-electron chi connectivity index (χ3n) is 2.59. The normalized spacial score (nSPS) is 10.9. The van der Waals surface area contributed by atoms with Gasteiger partial charge in [-0.3, -0.25) is 5.10 Å². The number of nitrogens with one attached hydrogen (secondary N) is 2. The van der Waals surface area contributed by atoms with Gasteiger partial charge in [-0.1, -0.05) is 0 Å². The molecule has 6 heteroatoms. The second-order valence-corrected chi connectivity index (χ2v) is 4.64. The van der Waals surface area contributed by atoms with Crippen molar-refractivity contribution in [1.82, 2.24) is 15.5 Å². The van der Waals surface area contributed by atoms with Crippen LogP contribution in [0.5, 0.6) is 0 Å². The largest absolute Gasteiger partial charge is 0.319 e. The average Bonchev–Trinajstić information content (AvgIpc) is 2.68. The van der Waals surface area contributed by atoms with Gasteiger partial charge in [-0.05, 0) is 35.1 Å². The first kappa shape index (κ1) is 13.2. The van der Waals surface area contributed by atoms with Gasteiger partial charge in [-0.25, -0.2) is 8.78 Å². The maximum absolute atomic E-state index is 13.7. The van der Waals surface area contributed by atoms with Crippen LogP contribution in [0.4, 0.5) is 8.78 Å². The number of likely N-dealkylation sites (N-methyl/N-ethyl adjacent to an activating group) is 1. The summed E-state index contributed by atoms with van der Waals surface area (Å²) in [7, 11) is 1.85. The van der Waals surface area contributed by atoms with E-state index in [2.05, 4.69) is 31.4 Å². The first-order valence-electron chi connectivity index (χ1n) is 5.46. The Morgan fingerprint density at radius 3 is 2.83 bits per heavy atom. The average molecular weight is 316 g/mol. The molecular formula is C12H12BrF2N3. The van der Waals surface area contributed by atoms with Crippen LogP contribution in [0.1, 0.15) is 5.69 Å². The summed E-state index contributed by atoms with van der Waals surface area (Å²) in [5.41, 5.74) is 1.61. The lowest BCUT2D eigenvalue weighted by atomic mass is 10.1. The summed E-state index contributed by atoms with van der Waals surface area (Å²) in [4.78, 5) is 0. The molecule has 96 valence electrons. The van der Waals surface area contributed by atoms with E-state index < -0.39 is 11.6 Å². The summed E-state index contributed by atoms with van der Waals surface area (Å²) < 4.78 is 27.2. The van der Waals surface area contributed by atoms with Crippen molar-refractivity contribution >= 4 is 15.9 Å². The molecule has 2 aromatic rings. The van der Waals surface area contributed by atoms with E-state index in [0.29, 0.717) is 10.2 Å². The zero-order valence-corrected chi connectivity index (χ0v) is 11.3. The Morgan fingerprint density at radius 2 is 2.17 bits per heavy atom. The SMILES string of the molecule is CNCCc1[nH]nc(-c2ccc(F)cc2F)c1Br. The number of H-pyrrole nitrogens is 1. The van der Waals surface area contributed by atoms with Gasteiger partial charge in [0.05, 0.1) is 10.2 Å². The molecule has 18 heavy (non-hydrogen) atoms. The minimum Gasteiger partial charge on any atom is -0.319 e. The Kier molecular flexibility index (Phi) is 4.08. The van der Waals surface area contributed by atoms with Gasteiger partial charge >= 0.3 is 0 Å². The number of aromatic nitrogens is 2. The molecule has 1 aromatic heterocycles. The zero-order valence-electron chi connectivity index (χ0n) is 9.73. The molecule has 0 amide bonds. The first-order valence-corrected chi connectivity index (χ1v) is 6.25. The molecule has 0 fully saturated rings. The summed E-state index contributed by atoms with van der Waals surface area (Å²) in [6.07, 6.45) is 0.743. The van der Waals surface area contributed by atoms with Gasteiger partial charge in [-0.15, -0.1) is 0 Å². The maximum Gasteiger partial charge on any atom is 0.135 e. The van der Waals surface area contributed by atoms with E-state index in [1.807, 2.05) is 7.05 Å². The van der Waals surface area contributed by atoms with Crippen molar-refractivity contribution in [2.24, 2.45) is 0 Å². The standard InChI is InChI=1S/C12H12BrF2N3/c1-16-5-4-10-11(13)12(18-17-10)8-3-2-7(14)6-9(8)15/h2-3,6,16H,4-5H2,1H3,(H,17,18). The van der Waals surface area contributed by atoms with Crippen molar-refractivity contribution in [2.75, 3.05) is 13.6 Å². The van der Waals surface area contributed by atoms with Crippen molar-refractivity contribution in [1.29, 1.82) is 0 Å². The topological polar surface area (TPSA) is 40.7 Å². The highest BCUT2D eigenvalue weighted by Gasteiger charge is 2.15. The van der Waals surface area contributed by atoms with E-state index in [0.717, 1.165) is 24.7 Å².